The molecule has 1 aliphatic rings. The highest BCUT2D eigenvalue weighted by Gasteiger charge is 2.35. The Bertz CT molecular complexity index is 353. The molecule has 3 heteroatoms. The zero-order chi connectivity index (χ0) is 11.6. The third kappa shape index (κ3) is 2.30. The maximum Gasteiger partial charge on any atom is 0.105 e. The second-order valence-corrected chi connectivity index (χ2v) is 4.90. The van der Waals surface area contributed by atoms with E-state index in [2.05, 4.69) is 11.4 Å². The highest BCUT2D eigenvalue weighted by Crippen LogP contribution is 2.35. The SMILES string of the molecule is Cc1cc(CNC2(CCO)CCC2)c(C)o1. The fraction of sp³-hybridized carbons (Fsp3) is 0.692. The van der Waals surface area contributed by atoms with Crippen LogP contribution in [0.5, 0.6) is 0 Å². The lowest BCUT2D eigenvalue weighted by Gasteiger charge is -2.42. The second kappa shape index (κ2) is 4.60. The molecule has 1 aliphatic carbocycles. The Balaban J connectivity index is 1.93. The van der Waals surface area contributed by atoms with Gasteiger partial charge in [-0.2, -0.15) is 0 Å². The summed E-state index contributed by atoms with van der Waals surface area (Å²) in [6.07, 6.45) is 4.51. The molecule has 1 aromatic rings. The Morgan fingerprint density at radius 2 is 2.19 bits per heavy atom. The van der Waals surface area contributed by atoms with Gasteiger partial charge in [-0.3, -0.25) is 0 Å². The van der Waals surface area contributed by atoms with Crippen LogP contribution in [0.2, 0.25) is 0 Å². The van der Waals surface area contributed by atoms with E-state index in [1.165, 1.54) is 24.8 Å². The van der Waals surface area contributed by atoms with Crippen LogP contribution in [0.25, 0.3) is 0 Å². The zero-order valence-corrected chi connectivity index (χ0v) is 10.2. The van der Waals surface area contributed by atoms with Gasteiger partial charge in [0, 0.05) is 24.3 Å². The van der Waals surface area contributed by atoms with Crippen molar-refractivity contribution in [2.75, 3.05) is 6.61 Å². The second-order valence-electron chi connectivity index (χ2n) is 4.90. The summed E-state index contributed by atoms with van der Waals surface area (Å²) in [5.41, 5.74) is 1.42. The molecular formula is C13H21NO2. The van der Waals surface area contributed by atoms with Crippen LogP contribution in [-0.2, 0) is 6.54 Å². The van der Waals surface area contributed by atoms with E-state index in [1.807, 2.05) is 13.8 Å². The first-order valence-electron chi connectivity index (χ1n) is 6.07. The van der Waals surface area contributed by atoms with Gasteiger partial charge in [0.2, 0.25) is 0 Å². The molecule has 1 fully saturated rings. The van der Waals surface area contributed by atoms with Crippen LogP contribution < -0.4 is 5.32 Å². The summed E-state index contributed by atoms with van der Waals surface area (Å²) in [6.45, 7) is 5.10. The molecule has 0 amide bonds. The molecule has 0 spiro atoms. The van der Waals surface area contributed by atoms with Gasteiger partial charge < -0.3 is 14.8 Å². The molecule has 90 valence electrons. The van der Waals surface area contributed by atoms with Gasteiger partial charge in [-0.15, -0.1) is 0 Å². The van der Waals surface area contributed by atoms with Crippen LogP contribution >= 0.6 is 0 Å². The summed E-state index contributed by atoms with van der Waals surface area (Å²) < 4.78 is 5.50. The number of aliphatic hydroxyl groups excluding tert-OH is 1. The standard InChI is InChI=1S/C13H21NO2/c1-10-8-12(11(2)16-10)9-14-13(6-7-15)4-3-5-13/h8,14-15H,3-7,9H2,1-2H3. The summed E-state index contributed by atoms with van der Waals surface area (Å²) in [6, 6.07) is 2.09. The number of hydrogen-bond donors (Lipinski definition) is 2. The van der Waals surface area contributed by atoms with Gasteiger partial charge in [-0.1, -0.05) is 0 Å². The zero-order valence-electron chi connectivity index (χ0n) is 10.2. The largest absolute Gasteiger partial charge is 0.466 e. The summed E-state index contributed by atoms with van der Waals surface area (Å²) >= 11 is 0. The topological polar surface area (TPSA) is 45.4 Å². The fourth-order valence-electron chi connectivity index (χ4n) is 2.47. The van der Waals surface area contributed by atoms with Crippen molar-refractivity contribution in [3.05, 3.63) is 23.2 Å². The number of hydrogen-bond acceptors (Lipinski definition) is 3. The molecule has 2 N–H and O–H groups in total. The van der Waals surface area contributed by atoms with Gasteiger partial charge in [0.1, 0.15) is 11.5 Å². The first kappa shape index (κ1) is 11.7. The molecule has 0 atom stereocenters. The quantitative estimate of drug-likeness (QED) is 0.805. The Labute approximate surface area is 96.8 Å². The molecule has 0 unspecified atom stereocenters. The fourth-order valence-corrected chi connectivity index (χ4v) is 2.47. The highest BCUT2D eigenvalue weighted by molar-refractivity contribution is 5.20. The average molecular weight is 223 g/mol. The van der Waals surface area contributed by atoms with Crippen molar-refractivity contribution in [2.45, 2.75) is 51.6 Å². The van der Waals surface area contributed by atoms with E-state index in [9.17, 15) is 0 Å². The Morgan fingerprint density at radius 3 is 2.62 bits per heavy atom. The van der Waals surface area contributed by atoms with Gasteiger partial charge >= 0.3 is 0 Å². The maximum atomic E-state index is 9.06. The Kier molecular flexibility index (Phi) is 3.36. The smallest absolute Gasteiger partial charge is 0.105 e. The normalized spacial score (nSPS) is 18.4. The highest BCUT2D eigenvalue weighted by atomic mass is 16.3. The third-order valence-corrected chi connectivity index (χ3v) is 3.70. The molecule has 1 aromatic heterocycles. The Hall–Kier alpha value is -0.800. The molecule has 3 nitrogen and oxygen atoms in total. The lowest BCUT2D eigenvalue weighted by atomic mass is 9.74. The van der Waals surface area contributed by atoms with Crippen LogP contribution in [0, 0.1) is 13.8 Å². The van der Waals surface area contributed by atoms with Crippen molar-refractivity contribution in [2.24, 2.45) is 0 Å². The van der Waals surface area contributed by atoms with Crippen molar-refractivity contribution in [3.8, 4) is 0 Å². The van der Waals surface area contributed by atoms with Gasteiger partial charge in [0.25, 0.3) is 0 Å². The molecule has 1 saturated carbocycles. The van der Waals surface area contributed by atoms with E-state index in [0.29, 0.717) is 0 Å². The van der Waals surface area contributed by atoms with E-state index in [4.69, 9.17) is 9.52 Å². The molecule has 0 saturated heterocycles. The van der Waals surface area contributed by atoms with Crippen LogP contribution in [0.15, 0.2) is 10.5 Å². The van der Waals surface area contributed by atoms with Crippen molar-refractivity contribution < 1.29 is 9.52 Å². The average Bonchev–Trinajstić information content (AvgIpc) is 2.49. The molecule has 0 bridgehead atoms. The summed E-state index contributed by atoms with van der Waals surface area (Å²) in [5, 5.41) is 12.6. The molecule has 1 heterocycles. The van der Waals surface area contributed by atoms with Crippen LogP contribution in [-0.4, -0.2) is 17.3 Å². The third-order valence-electron chi connectivity index (χ3n) is 3.70. The summed E-state index contributed by atoms with van der Waals surface area (Å²) in [5.74, 6) is 1.97. The monoisotopic (exact) mass is 223 g/mol. The molecule has 2 rings (SSSR count). The Morgan fingerprint density at radius 1 is 1.44 bits per heavy atom. The number of aliphatic hydroxyl groups is 1. The van der Waals surface area contributed by atoms with E-state index < -0.39 is 0 Å². The minimum atomic E-state index is 0.187. The van der Waals surface area contributed by atoms with Crippen molar-refractivity contribution >= 4 is 0 Å². The lowest BCUT2D eigenvalue weighted by Crippen LogP contribution is -2.51. The van der Waals surface area contributed by atoms with Gasteiger partial charge in [0.15, 0.2) is 0 Å². The molecule has 16 heavy (non-hydrogen) atoms. The number of furan rings is 1. The number of rotatable bonds is 5. The van der Waals surface area contributed by atoms with Crippen molar-refractivity contribution in [1.82, 2.24) is 5.32 Å². The minimum Gasteiger partial charge on any atom is -0.466 e. The first-order valence-corrected chi connectivity index (χ1v) is 6.07. The number of aryl methyl sites for hydroxylation is 2. The molecule has 0 radical (unpaired) electrons. The molecular weight excluding hydrogens is 202 g/mol. The summed E-state index contributed by atoms with van der Waals surface area (Å²) in [4.78, 5) is 0. The first-order chi connectivity index (χ1) is 7.65. The summed E-state index contributed by atoms with van der Waals surface area (Å²) in [7, 11) is 0. The van der Waals surface area contributed by atoms with Crippen molar-refractivity contribution in [1.29, 1.82) is 0 Å². The lowest BCUT2D eigenvalue weighted by molar-refractivity contribution is 0.129. The number of nitrogens with one attached hydrogen (secondary N) is 1. The predicted molar refractivity (Wildman–Crippen MR) is 63.3 cm³/mol. The van der Waals surface area contributed by atoms with Crippen molar-refractivity contribution in [3.63, 3.8) is 0 Å². The van der Waals surface area contributed by atoms with Crippen LogP contribution in [0.3, 0.4) is 0 Å². The van der Waals surface area contributed by atoms with Gasteiger partial charge in [0.05, 0.1) is 0 Å². The van der Waals surface area contributed by atoms with Crippen LogP contribution in [0.4, 0.5) is 0 Å². The van der Waals surface area contributed by atoms with E-state index in [-0.39, 0.29) is 12.1 Å². The van der Waals surface area contributed by atoms with E-state index in [0.717, 1.165) is 24.5 Å². The predicted octanol–water partition coefficient (Wildman–Crippen LogP) is 2.29. The molecule has 0 aliphatic heterocycles. The van der Waals surface area contributed by atoms with Gasteiger partial charge in [-0.25, -0.2) is 0 Å². The molecule has 0 aromatic carbocycles. The minimum absolute atomic E-state index is 0.187. The van der Waals surface area contributed by atoms with Gasteiger partial charge in [-0.05, 0) is 45.6 Å². The van der Waals surface area contributed by atoms with Crippen LogP contribution in [0.1, 0.15) is 42.8 Å². The maximum absolute atomic E-state index is 9.06. The van der Waals surface area contributed by atoms with E-state index in [1.54, 1.807) is 0 Å². The van der Waals surface area contributed by atoms with E-state index >= 15 is 0 Å².